The number of piperidine rings is 1. The Bertz CT molecular complexity index is 2360. The predicted octanol–water partition coefficient (Wildman–Crippen LogP) is 4.80. The molecule has 2 bridgehead atoms. The van der Waals surface area contributed by atoms with Gasteiger partial charge in [0, 0.05) is 61.3 Å². The maximum absolute atomic E-state index is 13.8. The molecule has 2 aliphatic carbocycles. The Balaban J connectivity index is 1.14. The number of Topliss-reactive ketones (excluding diaryl/α,β-unsaturated/α-hetero) is 1. The number of nitrogens with zero attached hydrogens (tertiary/aromatic N) is 5. The van der Waals surface area contributed by atoms with Gasteiger partial charge in [-0.2, -0.15) is 0 Å². The molecule has 49 heavy (non-hydrogen) atoms. The van der Waals surface area contributed by atoms with Crippen LogP contribution < -0.4 is 14.8 Å². The molecule has 1 saturated heterocycles. The molecule has 9 rings (SSSR count). The Morgan fingerprint density at radius 1 is 1.00 bits per heavy atom. The number of aryl methyl sites for hydroxylation is 1. The van der Waals surface area contributed by atoms with E-state index in [1.165, 1.54) is 24.2 Å². The first-order valence-corrected chi connectivity index (χ1v) is 18.5. The van der Waals surface area contributed by atoms with Crippen LogP contribution in [0.25, 0.3) is 44.6 Å². The normalized spacial score (nSPS) is 22.8. The highest BCUT2D eigenvalue weighted by atomic mass is 32.2. The van der Waals surface area contributed by atoms with Crippen LogP contribution in [-0.4, -0.2) is 77.7 Å². The van der Waals surface area contributed by atoms with E-state index >= 15 is 0 Å². The Labute approximate surface area is 284 Å². The van der Waals surface area contributed by atoms with Gasteiger partial charge >= 0.3 is 0 Å². The maximum atomic E-state index is 13.8. The van der Waals surface area contributed by atoms with Gasteiger partial charge in [0.1, 0.15) is 17.0 Å². The second-order valence-corrected chi connectivity index (χ2v) is 16.2. The van der Waals surface area contributed by atoms with Crippen LogP contribution >= 0.6 is 0 Å². The number of anilines is 1. The molecule has 12 heteroatoms. The van der Waals surface area contributed by atoms with E-state index in [0.29, 0.717) is 46.5 Å². The van der Waals surface area contributed by atoms with E-state index < -0.39 is 21.6 Å². The SMILES string of the molecule is COc1cc(C(=O)N2CC3CCC2[C@@H]3N)cc2nc(-c3cc4ccc(-c5ccc6c(c5)C(=O)CS(=O)(=O)N6C)cc4n3CC3CC3)n(C)c12. The smallest absolute Gasteiger partial charge is 0.254 e. The third-order valence-electron chi connectivity index (χ3n) is 11.3. The summed E-state index contributed by atoms with van der Waals surface area (Å²) in [6.07, 6.45) is 4.37. The number of likely N-dealkylation sites (tertiary alicyclic amines) is 1. The Kier molecular flexibility index (Phi) is 6.61. The summed E-state index contributed by atoms with van der Waals surface area (Å²) in [6, 6.07) is 17.7. The van der Waals surface area contributed by atoms with Crippen LogP contribution in [0.15, 0.2) is 54.6 Å². The number of rotatable bonds is 6. The van der Waals surface area contributed by atoms with Gasteiger partial charge in [-0.25, -0.2) is 13.4 Å². The number of methoxy groups -OCH3 is 1. The molecular weight excluding hydrogens is 641 g/mol. The molecule has 4 heterocycles. The van der Waals surface area contributed by atoms with E-state index in [-0.39, 0.29) is 18.0 Å². The van der Waals surface area contributed by atoms with Crippen molar-refractivity contribution in [2.24, 2.45) is 24.6 Å². The molecule has 2 aromatic heterocycles. The number of hydrogen-bond donors (Lipinski definition) is 1. The lowest BCUT2D eigenvalue weighted by Crippen LogP contribution is -2.41. The van der Waals surface area contributed by atoms with Gasteiger partial charge in [-0.05, 0) is 85.0 Å². The summed E-state index contributed by atoms with van der Waals surface area (Å²) in [5.74, 6) is 1.37. The van der Waals surface area contributed by atoms with Crippen molar-refractivity contribution in [2.45, 2.75) is 44.3 Å². The zero-order valence-electron chi connectivity index (χ0n) is 27.7. The number of sulfonamides is 1. The number of ketones is 1. The van der Waals surface area contributed by atoms with Crippen LogP contribution in [0.2, 0.25) is 0 Å². The van der Waals surface area contributed by atoms with E-state index in [9.17, 15) is 18.0 Å². The molecule has 2 saturated carbocycles. The van der Waals surface area contributed by atoms with Crippen LogP contribution in [0.3, 0.4) is 0 Å². The summed E-state index contributed by atoms with van der Waals surface area (Å²) >= 11 is 0. The lowest BCUT2D eigenvalue weighted by Gasteiger charge is -2.27. The first-order valence-electron chi connectivity index (χ1n) is 16.9. The molecule has 3 aromatic carbocycles. The molecule has 2 unspecified atom stereocenters. The molecule has 3 atom stereocenters. The third-order valence-corrected chi connectivity index (χ3v) is 12.9. The van der Waals surface area contributed by atoms with Crippen molar-refractivity contribution in [1.82, 2.24) is 19.0 Å². The molecule has 252 valence electrons. The second-order valence-electron chi connectivity index (χ2n) is 14.2. The van der Waals surface area contributed by atoms with Crippen molar-refractivity contribution in [1.29, 1.82) is 0 Å². The van der Waals surface area contributed by atoms with Crippen LogP contribution in [0.1, 0.15) is 46.4 Å². The highest BCUT2D eigenvalue weighted by molar-refractivity contribution is 7.93. The number of hydrogen-bond acceptors (Lipinski definition) is 7. The van der Waals surface area contributed by atoms with Crippen molar-refractivity contribution in [3.8, 4) is 28.4 Å². The fourth-order valence-electron chi connectivity index (χ4n) is 8.34. The summed E-state index contributed by atoms with van der Waals surface area (Å²) in [5.41, 5.74) is 13.1. The van der Waals surface area contributed by atoms with Gasteiger partial charge in [0.15, 0.2) is 11.6 Å². The molecule has 0 spiro atoms. The van der Waals surface area contributed by atoms with Gasteiger partial charge in [-0.15, -0.1) is 0 Å². The van der Waals surface area contributed by atoms with Crippen molar-refractivity contribution in [3.05, 3.63) is 65.7 Å². The fourth-order valence-corrected chi connectivity index (χ4v) is 9.48. The number of ether oxygens (including phenoxy) is 1. The number of aromatic nitrogens is 3. The zero-order chi connectivity index (χ0) is 33.9. The summed E-state index contributed by atoms with van der Waals surface area (Å²) in [4.78, 5) is 33.7. The van der Waals surface area contributed by atoms with Crippen LogP contribution in [0.5, 0.6) is 5.75 Å². The van der Waals surface area contributed by atoms with Gasteiger partial charge < -0.3 is 24.5 Å². The number of carbonyl (C=O) groups excluding carboxylic acids is 2. The molecule has 11 nitrogen and oxygen atoms in total. The first-order chi connectivity index (χ1) is 23.5. The van der Waals surface area contributed by atoms with Gasteiger partial charge in [0.25, 0.3) is 5.91 Å². The minimum atomic E-state index is -3.66. The number of amides is 1. The average Bonchev–Trinajstić information content (AvgIpc) is 3.50. The molecule has 2 aliphatic heterocycles. The molecule has 4 aliphatic rings. The maximum Gasteiger partial charge on any atom is 0.254 e. The van der Waals surface area contributed by atoms with E-state index in [1.54, 1.807) is 19.2 Å². The minimum Gasteiger partial charge on any atom is -0.494 e. The van der Waals surface area contributed by atoms with Crippen molar-refractivity contribution >= 4 is 49.3 Å². The monoisotopic (exact) mass is 678 g/mol. The Morgan fingerprint density at radius 3 is 2.49 bits per heavy atom. The number of benzene rings is 3. The molecule has 1 amide bonds. The predicted molar refractivity (Wildman–Crippen MR) is 188 cm³/mol. The summed E-state index contributed by atoms with van der Waals surface area (Å²) in [6.45, 7) is 1.54. The van der Waals surface area contributed by atoms with E-state index in [4.69, 9.17) is 15.5 Å². The number of fused-ring (bicyclic) bond motifs is 5. The lowest BCUT2D eigenvalue weighted by molar-refractivity contribution is 0.0700. The van der Waals surface area contributed by atoms with E-state index in [2.05, 4.69) is 22.8 Å². The third kappa shape index (κ3) is 4.64. The van der Waals surface area contributed by atoms with Gasteiger partial charge in [0.2, 0.25) is 10.0 Å². The van der Waals surface area contributed by atoms with E-state index in [1.807, 2.05) is 40.8 Å². The van der Waals surface area contributed by atoms with Crippen molar-refractivity contribution in [3.63, 3.8) is 0 Å². The van der Waals surface area contributed by atoms with Crippen molar-refractivity contribution < 1.29 is 22.7 Å². The zero-order valence-corrected chi connectivity index (χ0v) is 28.5. The van der Waals surface area contributed by atoms with E-state index in [0.717, 1.165) is 58.5 Å². The molecule has 2 N–H and O–H groups in total. The van der Waals surface area contributed by atoms with Crippen LogP contribution in [-0.2, 0) is 23.6 Å². The molecule has 0 radical (unpaired) electrons. The summed E-state index contributed by atoms with van der Waals surface area (Å²) in [5, 5.41) is 1.06. The van der Waals surface area contributed by atoms with Crippen LogP contribution in [0.4, 0.5) is 5.69 Å². The largest absolute Gasteiger partial charge is 0.494 e. The van der Waals surface area contributed by atoms with Gasteiger partial charge in [-0.3, -0.25) is 13.9 Å². The molecule has 3 fully saturated rings. The average molecular weight is 679 g/mol. The van der Waals surface area contributed by atoms with Crippen LogP contribution in [0, 0.1) is 11.8 Å². The molecular formula is C37H38N6O5S. The lowest BCUT2D eigenvalue weighted by atomic mass is 9.99. The van der Waals surface area contributed by atoms with Gasteiger partial charge in [-0.1, -0.05) is 18.2 Å². The highest BCUT2D eigenvalue weighted by Crippen LogP contribution is 2.41. The standard InChI is InChI=1S/C37H38N6O5S/c1-40-35-27(13-25(16-33(35)48-3)37(45)43-18-24-9-11-29(43)34(24)38)39-36(40)31-15-23-7-6-22(14-30(23)42(31)17-20-4-5-20)21-8-10-28-26(12-21)32(44)19-49(46,47)41(28)2/h6-8,10,12-16,20,24,29,34H,4-5,9,11,17-19,38H2,1-3H3/t24?,29?,34-/m1/s1. The molecule has 5 aromatic rings. The highest BCUT2D eigenvalue weighted by Gasteiger charge is 2.47. The topological polar surface area (TPSA) is 133 Å². The number of nitrogens with two attached hydrogens (primary N) is 1. The van der Waals surface area contributed by atoms with Gasteiger partial charge in [0.05, 0.1) is 24.0 Å². The number of carbonyl (C=O) groups is 2. The van der Waals surface area contributed by atoms with Crippen molar-refractivity contribution in [2.75, 3.05) is 30.8 Å². The summed E-state index contributed by atoms with van der Waals surface area (Å²) < 4.78 is 36.3. The fraction of sp³-hybridized carbons (Fsp3) is 0.378. The first kappa shape index (κ1) is 30.4. The summed E-state index contributed by atoms with van der Waals surface area (Å²) in [7, 11) is 1.44. The quantitative estimate of drug-likeness (QED) is 0.273. The minimum absolute atomic E-state index is 0.0254. The Hall–Kier alpha value is -4.68. The second kappa shape index (κ2) is 10.7. The Morgan fingerprint density at radius 2 is 1.78 bits per heavy atom. The number of imidazole rings is 1.